The molecule has 0 aliphatic carbocycles. The van der Waals surface area contributed by atoms with Crippen molar-refractivity contribution in [1.82, 2.24) is 0 Å². The zero-order valence-corrected chi connectivity index (χ0v) is 10.0. The van der Waals surface area contributed by atoms with Crippen molar-refractivity contribution in [1.29, 1.82) is 0 Å². The summed E-state index contributed by atoms with van der Waals surface area (Å²) < 4.78 is 5.55. The van der Waals surface area contributed by atoms with Gasteiger partial charge in [-0.1, -0.05) is 19.9 Å². The van der Waals surface area contributed by atoms with Gasteiger partial charge in [0.05, 0.1) is 0 Å². The molecule has 2 nitrogen and oxygen atoms in total. The number of hydrogen-bond acceptors (Lipinski definition) is 2. The van der Waals surface area contributed by atoms with Crippen molar-refractivity contribution in [2.24, 2.45) is 0 Å². The van der Waals surface area contributed by atoms with E-state index in [0.29, 0.717) is 11.7 Å². The zero-order valence-electron chi connectivity index (χ0n) is 10.0. The first kappa shape index (κ1) is 11.2. The SMILES string of the molecule is CCC(C)c1ccc2oc(C(C)O)cc2c1. The van der Waals surface area contributed by atoms with Crippen molar-refractivity contribution in [3.63, 3.8) is 0 Å². The van der Waals surface area contributed by atoms with Gasteiger partial charge < -0.3 is 9.52 Å². The summed E-state index contributed by atoms with van der Waals surface area (Å²) in [5.41, 5.74) is 2.18. The second kappa shape index (κ2) is 4.30. The van der Waals surface area contributed by atoms with Crippen LogP contribution >= 0.6 is 0 Å². The Labute approximate surface area is 95.9 Å². The minimum Gasteiger partial charge on any atom is -0.458 e. The topological polar surface area (TPSA) is 33.4 Å². The maximum atomic E-state index is 9.46. The van der Waals surface area contributed by atoms with Gasteiger partial charge in [-0.05, 0) is 43.0 Å². The summed E-state index contributed by atoms with van der Waals surface area (Å²) in [6.07, 6.45) is 0.589. The standard InChI is InChI=1S/C14H18O2/c1-4-9(2)11-5-6-13-12(7-11)8-14(16-13)10(3)15/h5-10,15H,4H2,1-3H3. The van der Waals surface area contributed by atoms with E-state index in [1.54, 1.807) is 6.92 Å². The van der Waals surface area contributed by atoms with Crippen LogP contribution in [0.1, 0.15) is 50.5 Å². The van der Waals surface area contributed by atoms with E-state index in [9.17, 15) is 5.11 Å². The largest absolute Gasteiger partial charge is 0.458 e. The van der Waals surface area contributed by atoms with Crippen molar-refractivity contribution in [3.05, 3.63) is 35.6 Å². The Morgan fingerprint density at radius 2 is 2.00 bits per heavy atom. The van der Waals surface area contributed by atoms with Crippen molar-refractivity contribution in [3.8, 4) is 0 Å². The molecule has 2 aromatic rings. The van der Waals surface area contributed by atoms with Gasteiger partial charge in [-0.25, -0.2) is 0 Å². The number of furan rings is 1. The summed E-state index contributed by atoms with van der Waals surface area (Å²) in [6, 6.07) is 8.17. The van der Waals surface area contributed by atoms with Crippen molar-refractivity contribution < 1.29 is 9.52 Å². The predicted molar refractivity (Wildman–Crippen MR) is 65.6 cm³/mol. The van der Waals surface area contributed by atoms with Crippen LogP contribution in [0.5, 0.6) is 0 Å². The Balaban J connectivity index is 2.45. The van der Waals surface area contributed by atoms with Gasteiger partial charge in [0.25, 0.3) is 0 Å². The van der Waals surface area contributed by atoms with Crippen molar-refractivity contribution in [2.75, 3.05) is 0 Å². The van der Waals surface area contributed by atoms with Gasteiger partial charge in [-0.15, -0.1) is 0 Å². The number of aliphatic hydroxyl groups is 1. The number of hydrogen-bond donors (Lipinski definition) is 1. The molecule has 2 unspecified atom stereocenters. The molecule has 1 aromatic carbocycles. The minimum absolute atomic E-state index is 0.542. The molecular formula is C14H18O2. The molecular weight excluding hydrogens is 200 g/mol. The van der Waals surface area contributed by atoms with Gasteiger partial charge in [-0.3, -0.25) is 0 Å². The monoisotopic (exact) mass is 218 g/mol. The first-order valence-electron chi connectivity index (χ1n) is 5.83. The highest BCUT2D eigenvalue weighted by Gasteiger charge is 2.10. The smallest absolute Gasteiger partial charge is 0.134 e. The van der Waals surface area contributed by atoms with Gasteiger partial charge in [0, 0.05) is 5.39 Å². The van der Waals surface area contributed by atoms with E-state index in [1.165, 1.54) is 5.56 Å². The Morgan fingerprint density at radius 1 is 1.25 bits per heavy atom. The van der Waals surface area contributed by atoms with Crippen LogP contribution in [0.25, 0.3) is 11.0 Å². The van der Waals surface area contributed by atoms with Crippen molar-refractivity contribution in [2.45, 2.75) is 39.2 Å². The lowest BCUT2D eigenvalue weighted by Crippen LogP contribution is -1.89. The molecule has 0 fully saturated rings. The van der Waals surface area contributed by atoms with E-state index in [0.717, 1.165) is 17.4 Å². The van der Waals surface area contributed by atoms with Crippen molar-refractivity contribution >= 4 is 11.0 Å². The highest BCUT2D eigenvalue weighted by molar-refractivity contribution is 5.79. The van der Waals surface area contributed by atoms with Gasteiger partial charge >= 0.3 is 0 Å². The Bertz CT molecular complexity index is 482. The van der Waals surface area contributed by atoms with Gasteiger partial charge in [0.15, 0.2) is 0 Å². The molecule has 0 aliphatic rings. The third-order valence-electron chi connectivity index (χ3n) is 3.15. The van der Waals surface area contributed by atoms with E-state index in [4.69, 9.17) is 4.42 Å². The fourth-order valence-electron chi connectivity index (χ4n) is 1.83. The molecule has 0 bridgehead atoms. The van der Waals surface area contributed by atoms with Crippen LogP contribution in [0, 0.1) is 0 Å². The minimum atomic E-state index is -0.542. The average Bonchev–Trinajstić information content (AvgIpc) is 2.70. The number of rotatable bonds is 3. The fourth-order valence-corrected chi connectivity index (χ4v) is 1.83. The maximum absolute atomic E-state index is 9.46. The Morgan fingerprint density at radius 3 is 2.62 bits per heavy atom. The molecule has 0 saturated heterocycles. The van der Waals surface area contributed by atoms with E-state index in [2.05, 4.69) is 26.0 Å². The normalized spacial score (nSPS) is 15.2. The molecule has 2 heteroatoms. The lowest BCUT2D eigenvalue weighted by molar-refractivity contribution is 0.172. The van der Waals surface area contributed by atoms with Crippen LogP contribution in [-0.4, -0.2) is 5.11 Å². The second-order valence-corrected chi connectivity index (χ2v) is 4.43. The summed E-state index contributed by atoms with van der Waals surface area (Å²) in [4.78, 5) is 0. The molecule has 0 spiro atoms. The molecule has 1 N–H and O–H groups in total. The zero-order chi connectivity index (χ0) is 11.7. The summed E-state index contributed by atoms with van der Waals surface area (Å²) in [7, 11) is 0. The van der Waals surface area contributed by atoms with Crippen LogP contribution in [-0.2, 0) is 0 Å². The quantitative estimate of drug-likeness (QED) is 0.844. The highest BCUT2D eigenvalue weighted by atomic mass is 16.4. The van der Waals surface area contributed by atoms with Crippen LogP contribution in [0.15, 0.2) is 28.7 Å². The van der Waals surface area contributed by atoms with Gasteiger partial charge in [0.1, 0.15) is 17.4 Å². The molecule has 16 heavy (non-hydrogen) atoms. The highest BCUT2D eigenvalue weighted by Crippen LogP contribution is 2.28. The number of fused-ring (bicyclic) bond motifs is 1. The van der Waals surface area contributed by atoms with Gasteiger partial charge in [-0.2, -0.15) is 0 Å². The molecule has 86 valence electrons. The molecule has 1 aromatic heterocycles. The fraction of sp³-hybridized carbons (Fsp3) is 0.429. The van der Waals surface area contributed by atoms with E-state index in [-0.39, 0.29) is 0 Å². The third-order valence-corrected chi connectivity index (χ3v) is 3.15. The predicted octanol–water partition coefficient (Wildman–Crippen LogP) is 4.00. The molecule has 0 amide bonds. The third kappa shape index (κ3) is 1.98. The molecule has 2 rings (SSSR count). The van der Waals surface area contributed by atoms with E-state index < -0.39 is 6.10 Å². The number of benzene rings is 1. The lowest BCUT2D eigenvalue weighted by Gasteiger charge is -2.07. The summed E-state index contributed by atoms with van der Waals surface area (Å²) in [6.45, 7) is 6.12. The Hall–Kier alpha value is -1.28. The summed E-state index contributed by atoms with van der Waals surface area (Å²) >= 11 is 0. The van der Waals surface area contributed by atoms with Gasteiger partial charge in [0.2, 0.25) is 0 Å². The average molecular weight is 218 g/mol. The van der Waals surface area contributed by atoms with Crippen LogP contribution in [0.3, 0.4) is 0 Å². The van der Waals surface area contributed by atoms with Crippen LogP contribution in [0.4, 0.5) is 0 Å². The van der Waals surface area contributed by atoms with Crippen LogP contribution < -0.4 is 0 Å². The van der Waals surface area contributed by atoms with E-state index >= 15 is 0 Å². The number of aliphatic hydroxyl groups excluding tert-OH is 1. The maximum Gasteiger partial charge on any atom is 0.134 e. The van der Waals surface area contributed by atoms with Crippen LogP contribution in [0.2, 0.25) is 0 Å². The summed E-state index contributed by atoms with van der Waals surface area (Å²) in [5.74, 6) is 1.20. The molecule has 1 heterocycles. The lowest BCUT2D eigenvalue weighted by atomic mass is 9.98. The Kier molecular flexibility index (Phi) is 3.01. The first-order chi connectivity index (χ1) is 7.61. The first-order valence-corrected chi connectivity index (χ1v) is 5.83. The summed E-state index contributed by atoms with van der Waals surface area (Å²) in [5, 5.41) is 10.5. The molecule has 0 radical (unpaired) electrons. The molecule has 0 aliphatic heterocycles. The van der Waals surface area contributed by atoms with E-state index in [1.807, 2.05) is 12.1 Å². The second-order valence-electron chi connectivity index (χ2n) is 4.43. The molecule has 0 saturated carbocycles. The molecule has 2 atom stereocenters.